The van der Waals surface area contributed by atoms with Crippen LogP contribution in [-0.4, -0.2) is 52.9 Å². The average molecular weight is 475 g/mol. The zero-order valence-electron chi connectivity index (χ0n) is 23.0. The molecular formula is C30H47BN2Si. The summed E-state index contributed by atoms with van der Waals surface area (Å²) in [5, 5.41) is 2.83. The number of allylic oxidation sites excluding steroid dienone is 2. The van der Waals surface area contributed by atoms with E-state index in [-0.39, 0.29) is 6.98 Å². The van der Waals surface area contributed by atoms with E-state index in [9.17, 15) is 0 Å². The fourth-order valence-electron chi connectivity index (χ4n) is 5.81. The van der Waals surface area contributed by atoms with Crippen molar-refractivity contribution < 1.29 is 0 Å². The highest BCUT2D eigenvalue weighted by molar-refractivity contribution is 6.85. The van der Waals surface area contributed by atoms with Crippen LogP contribution in [-0.2, 0) is 0 Å². The molecule has 0 radical (unpaired) electrons. The molecule has 2 aromatic carbocycles. The molecule has 0 heterocycles. The van der Waals surface area contributed by atoms with Gasteiger partial charge in [0.1, 0.15) is 0 Å². The van der Waals surface area contributed by atoms with E-state index in [4.69, 9.17) is 0 Å². The van der Waals surface area contributed by atoms with Crippen molar-refractivity contribution in [2.75, 3.05) is 28.2 Å². The maximum absolute atomic E-state index is 2.89. The van der Waals surface area contributed by atoms with Gasteiger partial charge >= 0.3 is 6.98 Å². The molecule has 0 saturated heterocycles. The first-order valence-corrected chi connectivity index (χ1v) is 16.4. The van der Waals surface area contributed by atoms with Crippen molar-refractivity contribution in [1.29, 1.82) is 0 Å². The highest BCUT2D eigenvalue weighted by atomic mass is 28.3. The second kappa shape index (κ2) is 12.4. The average Bonchev–Trinajstić information content (AvgIpc) is 3.11. The molecule has 34 heavy (non-hydrogen) atoms. The third-order valence-electron chi connectivity index (χ3n) is 7.68. The van der Waals surface area contributed by atoms with Crippen LogP contribution in [0.4, 0.5) is 0 Å². The van der Waals surface area contributed by atoms with E-state index in [1.807, 2.05) is 0 Å². The molecule has 0 fully saturated rings. The summed E-state index contributed by atoms with van der Waals surface area (Å²) in [5.74, 6) is 2.53. The molecule has 3 rings (SSSR count). The van der Waals surface area contributed by atoms with Gasteiger partial charge in [-0.05, 0) is 61.2 Å². The molecular weight excluding hydrogens is 427 g/mol. The zero-order chi connectivity index (χ0) is 24.7. The monoisotopic (exact) mass is 474 g/mol. The minimum atomic E-state index is -1.56. The molecule has 184 valence electrons. The molecule has 1 aliphatic rings. The molecule has 0 amide bonds. The van der Waals surface area contributed by atoms with Crippen LogP contribution < -0.4 is 0 Å². The van der Waals surface area contributed by atoms with Gasteiger partial charge in [-0.25, -0.2) is 0 Å². The third kappa shape index (κ3) is 5.95. The van der Waals surface area contributed by atoms with Gasteiger partial charge in [-0.1, -0.05) is 126 Å². The number of hydrogen-bond acceptors (Lipinski definition) is 2. The lowest BCUT2D eigenvalue weighted by Gasteiger charge is -2.31. The molecule has 0 aliphatic heterocycles. The Bertz CT molecular complexity index is 973. The van der Waals surface area contributed by atoms with Crippen LogP contribution in [0.15, 0.2) is 48.1 Å². The molecule has 4 heteroatoms. The Morgan fingerprint density at radius 1 is 0.706 bits per heavy atom. The van der Waals surface area contributed by atoms with Gasteiger partial charge in [0.05, 0.1) is 8.07 Å². The SMILES string of the molecule is CCCC[Si](C=C1C(=CB(N(C)C)N(C)C)c2cccc3cccc1c23)(CCCC)CCCC. The maximum atomic E-state index is 2.89. The van der Waals surface area contributed by atoms with Crippen LogP contribution in [0.2, 0.25) is 18.1 Å². The van der Waals surface area contributed by atoms with E-state index < -0.39 is 8.07 Å². The van der Waals surface area contributed by atoms with Crippen molar-refractivity contribution in [1.82, 2.24) is 9.62 Å². The summed E-state index contributed by atoms with van der Waals surface area (Å²) in [6.07, 6.45) is 8.03. The van der Waals surface area contributed by atoms with Crippen molar-refractivity contribution in [3.8, 4) is 0 Å². The molecule has 2 aromatic rings. The summed E-state index contributed by atoms with van der Waals surface area (Å²) in [5.41, 5.74) is 8.78. The molecule has 0 spiro atoms. The highest BCUT2D eigenvalue weighted by Gasteiger charge is 2.34. The first kappa shape index (κ1) is 27.0. The van der Waals surface area contributed by atoms with Crippen LogP contribution in [0.1, 0.15) is 70.4 Å². The molecule has 2 nitrogen and oxygen atoms in total. The zero-order valence-corrected chi connectivity index (χ0v) is 24.0. The number of unbranched alkanes of at least 4 members (excludes halogenated alkanes) is 3. The Labute approximate surface area is 211 Å². The number of nitrogens with zero attached hydrogens (tertiary/aromatic N) is 2. The molecule has 0 N–H and O–H groups in total. The van der Waals surface area contributed by atoms with Gasteiger partial charge in [0.2, 0.25) is 0 Å². The highest BCUT2D eigenvalue weighted by Crippen LogP contribution is 2.47. The largest absolute Gasteiger partial charge is 0.338 e. The predicted molar refractivity (Wildman–Crippen MR) is 158 cm³/mol. The van der Waals surface area contributed by atoms with Gasteiger partial charge in [0.25, 0.3) is 0 Å². The molecule has 0 saturated carbocycles. The van der Waals surface area contributed by atoms with Crippen LogP contribution in [0.3, 0.4) is 0 Å². The Hall–Kier alpha value is -1.62. The van der Waals surface area contributed by atoms with Crippen LogP contribution >= 0.6 is 0 Å². The van der Waals surface area contributed by atoms with Gasteiger partial charge in [0, 0.05) is 0 Å². The van der Waals surface area contributed by atoms with Crippen molar-refractivity contribution in [3.63, 3.8) is 0 Å². The van der Waals surface area contributed by atoms with E-state index >= 15 is 0 Å². The van der Waals surface area contributed by atoms with E-state index in [0.29, 0.717) is 0 Å². The maximum Gasteiger partial charge on any atom is 0.338 e. The van der Waals surface area contributed by atoms with E-state index in [1.54, 1.807) is 0 Å². The summed E-state index contributed by atoms with van der Waals surface area (Å²) in [6.45, 7) is 7.35. The summed E-state index contributed by atoms with van der Waals surface area (Å²) in [6, 6.07) is 18.1. The lowest BCUT2D eigenvalue weighted by atomic mass is 9.70. The van der Waals surface area contributed by atoms with Gasteiger partial charge in [-0.3, -0.25) is 0 Å². The van der Waals surface area contributed by atoms with E-state index in [1.165, 1.54) is 89.7 Å². The van der Waals surface area contributed by atoms with Crippen molar-refractivity contribution in [2.24, 2.45) is 0 Å². The molecule has 0 bridgehead atoms. The van der Waals surface area contributed by atoms with Crippen molar-refractivity contribution in [2.45, 2.75) is 77.4 Å². The van der Waals surface area contributed by atoms with Gasteiger partial charge in [-0.2, -0.15) is 0 Å². The minimum Gasteiger partial charge on any atom is -0.330 e. The predicted octanol–water partition coefficient (Wildman–Crippen LogP) is 8.16. The Morgan fingerprint density at radius 3 is 1.62 bits per heavy atom. The smallest absolute Gasteiger partial charge is 0.330 e. The van der Waals surface area contributed by atoms with Crippen LogP contribution in [0.25, 0.3) is 21.9 Å². The Kier molecular flexibility index (Phi) is 9.82. The quantitative estimate of drug-likeness (QED) is 0.270. The van der Waals surface area contributed by atoms with Crippen LogP contribution in [0, 0.1) is 0 Å². The van der Waals surface area contributed by atoms with Gasteiger partial charge in [0.15, 0.2) is 0 Å². The van der Waals surface area contributed by atoms with Crippen molar-refractivity contribution >= 4 is 37.0 Å². The normalized spacial score (nSPS) is 16.0. The van der Waals surface area contributed by atoms with Crippen molar-refractivity contribution in [3.05, 3.63) is 59.2 Å². The topological polar surface area (TPSA) is 6.48 Å². The first-order valence-electron chi connectivity index (χ1n) is 13.7. The standard InChI is InChI=1S/C30H47BN2Si/c1-8-11-20-34(21-12-9-2,22-13-10-3)24-29-27-19-15-17-25-16-14-18-26(30(25)27)28(29)23-31(32(4)5)33(6)7/h14-19,23-24H,8-13,20-22H2,1-7H3. The first-order chi connectivity index (χ1) is 16.4. The summed E-state index contributed by atoms with van der Waals surface area (Å²) in [4.78, 5) is 4.65. The van der Waals surface area contributed by atoms with Gasteiger partial charge in [-0.15, -0.1) is 0 Å². The minimum absolute atomic E-state index is 0.265. The Balaban J connectivity index is 2.26. The Morgan fingerprint density at radius 2 is 1.18 bits per heavy atom. The summed E-state index contributed by atoms with van der Waals surface area (Å²) in [7, 11) is 7.21. The molecule has 0 atom stereocenters. The lowest BCUT2D eigenvalue weighted by molar-refractivity contribution is 0.530. The summed E-state index contributed by atoms with van der Waals surface area (Å²) < 4.78 is 0. The molecule has 0 unspecified atom stereocenters. The number of benzene rings is 2. The number of hydrogen-bond donors (Lipinski definition) is 0. The fourth-order valence-corrected chi connectivity index (χ4v) is 11.1. The second-order valence-corrected chi connectivity index (χ2v) is 15.4. The second-order valence-electron chi connectivity index (χ2n) is 10.9. The fraction of sp³-hybridized carbons (Fsp3) is 0.533. The van der Waals surface area contributed by atoms with E-state index in [0.717, 1.165) is 0 Å². The van der Waals surface area contributed by atoms with Gasteiger partial charge < -0.3 is 9.62 Å². The van der Waals surface area contributed by atoms with E-state index in [2.05, 4.69) is 107 Å². The lowest BCUT2D eigenvalue weighted by Crippen LogP contribution is -2.44. The summed E-state index contributed by atoms with van der Waals surface area (Å²) >= 11 is 0. The molecule has 1 aliphatic carbocycles. The third-order valence-corrected chi connectivity index (χ3v) is 12.6. The number of rotatable bonds is 13. The van der Waals surface area contributed by atoms with Crippen LogP contribution in [0.5, 0.6) is 0 Å². The molecule has 0 aromatic heterocycles.